The van der Waals surface area contributed by atoms with E-state index in [0.29, 0.717) is 4.60 Å². The van der Waals surface area contributed by atoms with E-state index in [1.54, 1.807) is 4.68 Å². The number of aromatic carboxylic acids is 1. The molecule has 0 bridgehead atoms. The zero-order chi connectivity index (χ0) is 9.84. The fraction of sp³-hybridized carbons (Fsp3) is 0.500. The predicted octanol–water partition coefficient (Wildman–Crippen LogP) is 2.14. The van der Waals surface area contributed by atoms with Crippen LogP contribution in [0, 0.1) is 0 Å². The fourth-order valence-electron chi connectivity index (χ4n) is 0.978. The van der Waals surface area contributed by atoms with Gasteiger partial charge in [-0.15, -0.1) is 0 Å². The van der Waals surface area contributed by atoms with Crippen LogP contribution in [0.5, 0.6) is 0 Å². The van der Waals surface area contributed by atoms with Gasteiger partial charge in [-0.25, -0.2) is 4.79 Å². The van der Waals surface area contributed by atoms with Gasteiger partial charge in [-0.05, 0) is 22.4 Å². The number of carboxylic acid groups (broad SMARTS) is 1. The van der Waals surface area contributed by atoms with Gasteiger partial charge in [0.1, 0.15) is 10.2 Å². The Kier molecular flexibility index (Phi) is 3.48. The van der Waals surface area contributed by atoms with Gasteiger partial charge >= 0.3 is 5.97 Å². The molecule has 0 atom stereocenters. The summed E-state index contributed by atoms with van der Waals surface area (Å²) in [5.74, 6) is -0.949. The van der Waals surface area contributed by atoms with Crippen LogP contribution in [0.2, 0.25) is 0 Å². The number of aromatic nitrogens is 2. The van der Waals surface area contributed by atoms with Crippen LogP contribution < -0.4 is 0 Å². The number of hydrogen-bond donors (Lipinski definition) is 1. The van der Waals surface area contributed by atoms with Crippen molar-refractivity contribution in [3.63, 3.8) is 0 Å². The molecular weight excluding hydrogens is 236 g/mol. The molecule has 1 N–H and O–H groups in total. The Bertz CT molecular complexity index is 309. The van der Waals surface area contributed by atoms with Crippen LogP contribution in [0.1, 0.15) is 30.1 Å². The molecule has 0 saturated heterocycles. The van der Waals surface area contributed by atoms with Crippen LogP contribution in [0.3, 0.4) is 0 Å². The summed E-state index contributed by atoms with van der Waals surface area (Å²) in [4.78, 5) is 10.6. The lowest BCUT2D eigenvalue weighted by Crippen LogP contribution is -2.01. The van der Waals surface area contributed by atoms with Gasteiger partial charge < -0.3 is 5.11 Å². The van der Waals surface area contributed by atoms with Crippen molar-refractivity contribution < 1.29 is 9.90 Å². The van der Waals surface area contributed by atoms with Gasteiger partial charge in [0.05, 0.1) is 6.20 Å². The molecule has 0 aliphatic carbocycles. The minimum absolute atomic E-state index is 0.219. The predicted molar refractivity (Wildman–Crippen MR) is 51.8 cm³/mol. The first-order valence-electron chi connectivity index (χ1n) is 4.11. The van der Waals surface area contributed by atoms with Gasteiger partial charge in [-0.1, -0.05) is 13.3 Å². The third-order valence-corrected chi connectivity index (χ3v) is 2.57. The molecule has 0 aliphatic heterocycles. The third kappa shape index (κ3) is 2.30. The van der Waals surface area contributed by atoms with Crippen molar-refractivity contribution in [2.45, 2.75) is 26.3 Å². The Morgan fingerprint density at radius 1 is 1.77 bits per heavy atom. The second-order valence-corrected chi connectivity index (χ2v) is 3.48. The molecular formula is C8H11BrN2O2. The zero-order valence-corrected chi connectivity index (χ0v) is 8.91. The molecule has 0 spiro atoms. The van der Waals surface area contributed by atoms with Crippen molar-refractivity contribution in [3.05, 3.63) is 16.4 Å². The lowest BCUT2D eigenvalue weighted by Gasteiger charge is -2.00. The van der Waals surface area contributed by atoms with Crippen LogP contribution in [-0.4, -0.2) is 20.9 Å². The Morgan fingerprint density at radius 2 is 2.46 bits per heavy atom. The average Bonchev–Trinajstić information content (AvgIpc) is 2.43. The van der Waals surface area contributed by atoms with Gasteiger partial charge in [0.25, 0.3) is 0 Å². The summed E-state index contributed by atoms with van der Waals surface area (Å²) in [7, 11) is 0. The van der Waals surface area contributed by atoms with E-state index in [1.165, 1.54) is 6.20 Å². The first-order valence-corrected chi connectivity index (χ1v) is 4.90. The summed E-state index contributed by atoms with van der Waals surface area (Å²) in [6, 6.07) is 0. The van der Waals surface area contributed by atoms with Crippen LogP contribution in [0.25, 0.3) is 0 Å². The highest BCUT2D eigenvalue weighted by Crippen LogP contribution is 2.16. The van der Waals surface area contributed by atoms with E-state index in [2.05, 4.69) is 28.0 Å². The number of hydrogen-bond acceptors (Lipinski definition) is 2. The maximum Gasteiger partial charge on any atom is 0.340 e. The van der Waals surface area contributed by atoms with Crippen molar-refractivity contribution in [1.29, 1.82) is 0 Å². The van der Waals surface area contributed by atoms with Gasteiger partial charge in [0.2, 0.25) is 0 Å². The second-order valence-electron chi connectivity index (χ2n) is 2.73. The van der Waals surface area contributed by atoms with Crippen molar-refractivity contribution >= 4 is 21.9 Å². The number of rotatable bonds is 4. The molecule has 5 heteroatoms. The molecule has 0 radical (unpaired) electrons. The molecule has 0 fully saturated rings. The average molecular weight is 247 g/mol. The molecule has 4 nitrogen and oxygen atoms in total. The number of halogens is 1. The first kappa shape index (κ1) is 10.2. The SMILES string of the molecule is CCCCn1ncc(C(=O)O)c1Br. The van der Waals surface area contributed by atoms with Gasteiger partial charge in [0.15, 0.2) is 0 Å². The highest BCUT2D eigenvalue weighted by Gasteiger charge is 2.13. The number of carbonyl (C=O) groups is 1. The normalized spacial score (nSPS) is 10.3. The van der Waals surface area contributed by atoms with Crippen molar-refractivity contribution in [1.82, 2.24) is 9.78 Å². The van der Waals surface area contributed by atoms with Gasteiger partial charge in [-0.3, -0.25) is 4.68 Å². The Morgan fingerprint density at radius 3 is 2.92 bits per heavy atom. The maximum atomic E-state index is 10.6. The van der Waals surface area contributed by atoms with Crippen molar-refractivity contribution in [2.24, 2.45) is 0 Å². The first-order chi connectivity index (χ1) is 6.16. The number of carboxylic acids is 1. The zero-order valence-electron chi connectivity index (χ0n) is 7.33. The highest BCUT2D eigenvalue weighted by molar-refractivity contribution is 9.10. The van der Waals surface area contributed by atoms with Crippen molar-refractivity contribution in [3.8, 4) is 0 Å². The Labute approximate surface area is 84.7 Å². The highest BCUT2D eigenvalue weighted by atomic mass is 79.9. The smallest absolute Gasteiger partial charge is 0.340 e. The molecule has 0 aliphatic rings. The van der Waals surface area contributed by atoms with Crippen LogP contribution in [0.4, 0.5) is 0 Å². The largest absolute Gasteiger partial charge is 0.478 e. The Balaban J connectivity index is 2.80. The lowest BCUT2D eigenvalue weighted by molar-refractivity contribution is 0.0695. The summed E-state index contributed by atoms with van der Waals surface area (Å²) >= 11 is 3.20. The van der Waals surface area contributed by atoms with E-state index >= 15 is 0 Å². The van der Waals surface area contributed by atoms with E-state index in [0.717, 1.165) is 19.4 Å². The summed E-state index contributed by atoms with van der Waals surface area (Å²) in [6.07, 6.45) is 3.43. The minimum Gasteiger partial charge on any atom is -0.478 e. The monoisotopic (exact) mass is 246 g/mol. The molecule has 0 aromatic carbocycles. The molecule has 72 valence electrons. The van der Waals surface area contributed by atoms with E-state index in [4.69, 9.17) is 5.11 Å². The van der Waals surface area contributed by atoms with Gasteiger partial charge in [-0.2, -0.15) is 5.10 Å². The van der Waals surface area contributed by atoms with E-state index in [1.807, 2.05) is 0 Å². The second kappa shape index (κ2) is 4.41. The maximum absolute atomic E-state index is 10.6. The lowest BCUT2D eigenvalue weighted by atomic mass is 10.3. The van der Waals surface area contributed by atoms with E-state index < -0.39 is 5.97 Å². The standard InChI is InChI=1S/C8H11BrN2O2/c1-2-3-4-11-7(9)6(5-10-11)8(12)13/h5H,2-4H2,1H3,(H,12,13). The van der Waals surface area contributed by atoms with Crippen LogP contribution in [-0.2, 0) is 6.54 Å². The Hall–Kier alpha value is -0.840. The quantitative estimate of drug-likeness (QED) is 0.886. The van der Waals surface area contributed by atoms with Crippen LogP contribution >= 0.6 is 15.9 Å². The van der Waals surface area contributed by atoms with Crippen LogP contribution in [0.15, 0.2) is 10.8 Å². The number of nitrogens with zero attached hydrogens (tertiary/aromatic N) is 2. The molecule has 0 amide bonds. The minimum atomic E-state index is -0.949. The summed E-state index contributed by atoms with van der Waals surface area (Å²) in [5, 5.41) is 12.7. The summed E-state index contributed by atoms with van der Waals surface area (Å²) < 4.78 is 2.21. The fourth-order valence-corrected chi connectivity index (χ4v) is 1.52. The molecule has 13 heavy (non-hydrogen) atoms. The van der Waals surface area contributed by atoms with E-state index in [9.17, 15) is 4.79 Å². The number of aryl methyl sites for hydroxylation is 1. The molecule has 1 rings (SSSR count). The van der Waals surface area contributed by atoms with E-state index in [-0.39, 0.29) is 5.56 Å². The number of unbranched alkanes of at least 4 members (excludes halogenated alkanes) is 1. The molecule has 0 unspecified atom stereocenters. The summed E-state index contributed by atoms with van der Waals surface area (Å²) in [5.41, 5.74) is 0.219. The molecule has 1 aromatic heterocycles. The third-order valence-electron chi connectivity index (χ3n) is 1.73. The molecule has 1 aromatic rings. The molecule has 0 saturated carbocycles. The topological polar surface area (TPSA) is 55.1 Å². The van der Waals surface area contributed by atoms with Gasteiger partial charge in [0, 0.05) is 6.54 Å². The van der Waals surface area contributed by atoms with Crippen molar-refractivity contribution in [2.75, 3.05) is 0 Å². The molecule has 1 heterocycles. The summed E-state index contributed by atoms with van der Waals surface area (Å²) in [6.45, 7) is 2.83.